The molecule has 0 radical (unpaired) electrons. The Labute approximate surface area is 322 Å². The van der Waals surface area contributed by atoms with Crippen molar-refractivity contribution in [2.75, 3.05) is 6.61 Å². The number of carbonyl (C=O) groups excluding carboxylic acids is 3. The predicted molar refractivity (Wildman–Crippen MR) is 210 cm³/mol. The average molecular weight is 745 g/mol. The summed E-state index contributed by atoms with van der Waals surface area (Å²) in [6.07, 6.45) is 9.96. The number of carbonyl (C=O) groups is 4. The number of amides is 2. The van der Waals surface area contributed by atoms with E-state index >= 15 is 0 Å². The van der Waals surface area contributed by atoms with Gasteiger partial charge in [-0.05, 0) is 90.6 Å². The molecule has 10 heteroatoms. The first kappa shape index (κ1) is 40.0. The lowest BCUT2D eigenvalue weighted by atomic mass is 10.00. The molecule has 3 N–H and O–H groups in total. The molecule has 0 heterocycles. The van der Waals surface area contributed by atoms with Gasteiger partial charge in [-0.3, -0.25) is 9.59 Å². The first-order valence-electron chi connectivity index (χ1n) is 18.8. The lowest BCUT2D eigenvalue weighted by Crippen LogP contribution is -2.43. The largest absolute Gasteiger partial charge is 0.494 e. The SMILES string of the molecule is CCCCCCCOc1ccc(C(=O)Oc2ccc(C[C@H](NC(=O)C3=CC=C(NC(=O)Cc4cccc(OCc5ccccc5)c4)CC3)C(=O)O)cc2)cc1. The van der Waals surface area contributed by atoms with Crippen LogP contribution in [0, 0.1) is 0 Å². The summed E-state index contributed by atoms with van der Waals surface area (Å²) >= 11 is 0. The molecule has 0 saturated carbocycles. The summed E-state index contributed by atoms with van der Waals surface area (Å²) in [5.41, 5.74) is 3.95. The molecule has 1 aliphatic carbocycles. The summed E-state index contributed by atoms with van der Waals surface area (Å²) in [6, 6.07) is 29.4. The Morgan fingerprint density at radius 1 is 0.709 bits per heavy atom. The van der Waals surface area contributed by atoms with Crippen LogP contribution in [0.2, 0.25) is 0 Å². The van der Waals surface area contributed by atoms with Crippen LogP contribution >= 0.6 is 0 Å². The molecule has 0 aliphatic heterocycles. The molecule has 0 bridgehead atoms. The van der Waals surface area contributed by atoms with E-state index in [0.29, 0.717) is 65.7 Å². The number of nitrogens with one attached hydrogen (secondary N) is 2. The van der Waals surface area contributed by atoms with Gasteiger partial charge in [-0.2, -0.15) is 0 Å². The van der Waals surface area contributed by atoms with Crippen molar-refractivity contribution in [3.8, 4) is 17.2 Å². The van der Waals surface area contributed by atoms with Crippen LogP contribution in [0.25, 0.3) is 0 Å². The monoisotopic (exact) mass is 744 g/mol. The molecule has 4 aromatic rings. The molecule has 5 rings (SSSR count). The smallest absolute Gasteiger partial charge is 0.343 e. The maximum absolute atomic E-state index is 13.0. The summed E-state index contributed by atoms with van der Waals surface area (Å²) in [7, 11) is 0. The Balaban J connectivity index is 1.06. The summed E-state index contributed by atoms with van der Waals surface area (Å²) in [4.78, 5) is 50.6. The second kappa shape index (κ2) is 20.9. The number of rotatable bonds is 20. The van der Waals surface area contributed by atoms with Crippen LogP contribution in [0.5, 0.6) is 17.2 Å². The topological polar surface area (TPSA) is 140 Å². The van der Waals surface area contributed by atoms with E-state index in [-0.39, 0.29) is 18.7 Å². The number of aliphatic carboxylic acids is 1. The van der Waals surface area contributed by atoms with Gasteiger partial charge in [-0.25, -0.2) is 9.59 Å². The Morgan fingerprint density at radius 3 is 2.15 bits per heavy atom. The van der Waals surface area contributed by atoms with Gasteiger partial charge >= 0.3 is 11.9 Å². The van der Waals surface area contributed by atoms with E-state index in [4.69, 9.17) is 14.2 Å². The van der Waals surface area contributed by atoms with Crippen LogP contribution in [0.3, 0.4) is 0 Å². The zero-order valence-corrected chi connectivity index (χ0v) is 31.1. The number of esters is 1. The molecule has 10 nitrogen and oxygen atoms in total. The fraction of sp³-hybridized carbons (Fsp3) is 0.289. The standard InChI is InChI=1S/C45H48N2O8/c1-2-3-4-5-9-27-53-38-25-19-36(20-26-38)45(52)55-39-23-15-32(16-24-39)29-41(44(50)51)47-43(49)35-17-21-37(22-18-35)46-42(48)30-34-13-10-14-40(28-34)54-31-33-11-7-6-8-12-33/h6-8,10-17,19-21,23-26,28,41H,2-5,9,18,22,27,29-31H2,1H3,(H,46,48)(H,47,49)(H,50,51)/t41-/m0/s1. The number of unbranched alkanes of at least 4 members (excludes halogenated alkanes) is 4. The highest BCUT2D eigenvalue weighted by Gasteiger charge is 2.23. The second-order valence-electron chi connectivity index (χ2n) is 13.4. The van der Waals surface area contributed by atoms with Crippen LogP contribution in [0.4, 0.5) is 0 Å². The van der Waals surface area contributed by atoms with E-state index < -0.39 is 23.9 Å². The highest BCUT2D eigenvalue weighted by atomic mass is 16.5. The third-order valence-corrected chi connectivity index (χ3v) is 9.04. The molecule has 0 spiro atoms. The van der Waals surface area contributed by atoms with Gasteiger partial charge < -0.3 is 30.0 Å². The first-order chi connectivity index (χ1) is 26.7. The minimum absolute atomic E-state index is 0.0261. The van der Waals surface area contributed by atoms with Crippen molar-refractivity contribution in [2.45, 2.75) is 77.4 Å². The van der Waals surface area contributed by atoms with Crippen LogP contribution in [0.1, 0.15) is 78.9 Å². The number of carboxylic acids is 1. The molecule has 0 saturated heterocycles. The first-order valence-corrected chi connectivity index (χ1v) is 18.8. The number of ether oxygens (including phenoxy) is 3. The molecular formula is C45H48N2O8. The molecule has 4 aromatic carbocycles. The van der Waals surface area contributed by atoms with Gasteiger partial charge in [0.15, 0.2) is 0 Å². The van der Waals surface area contributed by atoms with E-state index in [1.165, 1.54) is 19.3 Å². The Hall–Kier alpha value is -6.16. The quantitative estimate of drug-likeness (QED) is 0.0472. The molecular weight excluding hydrogens is 697 g/mol. The highest BCUT2D eigenvalue weighted by Crippen LogP contribution is 2.21. The van der Waals surface area contributed by atoms with Crippen LogP contribution in [-0.4, -0.2) is 41.5 Å². The van der Waals surface area contributed by atoms with Crippen molar-refractivity contribution in [1.82, 2.24) is 10.6 Å². The van der Waals surface area contributed by atoms with Gasteiger partial charge in [0, 0.05) is 17.7 Å². The maximum atomic E-state index is 13.0. The van der Waals surface area contributed by atoms with E-state index in [0.717, 1.165) is 24.0 Å². The predicted octanol–water partition coefficient (Wildman–Crippen LogP) is 7.91. The van der Waals surface area contributed by atoms with E-state index in [1.807, 2.05) is 54.6 Å². The third kappa shape index (κ3) is 13.3. The molecule has 0 fully saturated rings. The minimum atomic E-state index is -1.18. The zero-order chi connectivity index (χ0) is 38.8. The van der Waals surface area contributed by atoms with Crippen molar-refractivity contribution in [1.29, 1.82) is 0 Å². The average Bonchev–Trinajstić information content (AvgIpc) is 3.19. The minimum Gasteiger partial charge on any atom is -0.494 e. The number of hydrogen-bond donors (Lipinski definition) is 3. The molecule has 286 valence electrons. The van der Waals surface area contributed by atoms with E-state index in [9.17, 15) is 24.3 Å². The molecule has 0 aromatic heterocycles. The Kier molecular flexibility index (Phi) is 15.2. The zero-order valence-electron chi connectivity index (χ0n) is 31.1. The normalized spacial score (nSPS) is 12.7. The van der Waals surface area contributed by atoms with Crippen LogP contribution in [-0.2, 0) is 33.8 Å². The number of benzene rings is 4. The van der Waals surface area contributed by atoms with Gasteiger partial charge in [0.1, 0.15) is 29.9 Å². The lowest BCUT2D eigenvalue weighted by Gasteiger charge is -2.19. The molecule has 2 amide bonds. The van der Waals surface area contributed by atoms with E-state index in [2.05, 4.69) is 17.6 Å². The Morgan fingerprint density at radius 2 is 1.44 bits per heavy atom. The Bertz CT molecular complexity index is 1950. The van der Waals surface area contributed by atoms with Crippen LogP contribution < -0.4 is 24.8 Å². The van der Waals surface area contributed by atoms with Crippen molar-refractivity contribution >= 4 is 23.8 Å². The van der Waals surface area contributed by atoms with Crippen molar-refractivity contribution in [3.05, 3.63) is 149 Å². The second-order valence-corrected chi connectivity index (χ2v) is 13.4. The molecule has 55 heavy (non-hydrogen) atoms. The molecule has 1 atom stereocenters. The lowest BCUT2D eigenvalue weighted by molar-refractivity contribution is -0.141. The van der Waals surface area contributed by atoms with Gasteiger partial charge in [-0.1, -0.05) is 93.3 Å². The highest BCUT2D eigenvalue weighted by molar-refractivity contribution is 5.96. The summed E-state index contributed by atoms with van der Waals surface area (Å²) in [5, 5.41) is 15.4. The third-order valence-electron chi connectivity index (χ3n) is 9.04. The van der Waals surface area contributed by atoms with Crippen molar-refractivity contribution in [3.63, 3.8) is 0 Å². The number of hydrogen-bond acceptors (Lipinski definition) is 7. The molecule has 1 aliphatic rings. The maximum Gasteiger partial charge on any atom is 0.343 e. The fourth-order valence-electron chi connectivity index (χ4n) is 5.95. The van der Waals surface area contributed by atoms with Crippen LogP contribution in [0.15, 0.2) is 127 Å². The summed E-state index contributed by atoms with van der Waals surface area (Å²) in [5.74, 6) is -0.711. The number of carboxylic acid groups (broad SMARTS) is 1. The van der Waals surface area contributed by atoms with Crippen molar-refractivity contribution < 1.29 is 38.5 Å². The number of allylic oxidation sites excluding steroid dienone is 3. The van der Waals surface area contributed by atoms with E-state index in [1.54, 1.807) is 60.7 Å². The van der Waals surface area contributed by atoms with Crippen molar-refractivity contribution in [2.24, 2.45) is 0 Å². The summed E-state index contributed by atoms with van der Waals surface area (Å²) < 4.78 is 17.2. The van der Waals surface area contributed by atoms with Gasteiger partial charge in [0.2, 0.25) is 11.8 Å². The van der Waals surface area contributed by atoms with Gasteiger partial charge in [0.05, 0.1) is 18.6 Å². The fourth-order valence-corrected chi connectivity index (χ4v) is 5.95. The van der Waals surface area contributed by atoms with Gasteiger partial charge in [-0.15, -0.1) is 0 Å². The summed E-state index contributed by atoms with van der Waals surface area (Å²) in [6.45, 7) is 3.24. The molecule has 0 unspecified atom stereocenters. The van der Waals surface area contributed by atoms with Gasteiger partial charge in [0.25, 0.3) is 0 Å².